The number of fused-ring (bicyclic) bond motifs is 3. The molecule has 3 rings (SSSR count). The highest BCUT2D eigenvalue weighted by Gasteiger charge is 2.48. The monoisotopic (exact) mass is 239 g/mol. The van der Waals surface area contributed by atoms with E-state index in [4.69, 9.17) is 0 Å². The second-order valence-corrected chi connectivity index (χ2v) is 6.53. The molecular formula is C17H21N. The van der Waals surface area contributed by atoms with Gasteiger partial charge in [0.15, 0.2) is 0 Å². The van der Waals surface area contributed by atoms with Gasteiger partial charge in [0.05, 0.1) is 6.04 Å². The third-order valence-electron chi connectivity index (χ3n) is 4.21. The summed E-state index contributed by atoms with van der Waals surface area (Å²) in [6.45, 7) is 9.23. The Morgan fingerprint density at radius 2 is 1.83 bits per heavy atom. The molecule has 1 heterocycles. The number of para-hydroxylation sites is 1. The molecular weight excluding hydrogens is 218 g/mol. The van der Waals surface area contributed by atoms with Crippen molar-refractivity contribution in [3.63, 3.8) is 0 Å². The van der Waals surface area contributed by atoms with Gasteiger partial charge in [-0.05, 0) is 39.3 Å². The van der Waals surface area contributed by atoms with E-state index in [-0.39, 0.29) is 11.0 Å². The number of anilines is 1. The molecule has 1 aliphatic carbocycles. The molecule has 94 valence electrons. The Kier molecular flexibility index (Phi) is 2.25. The fourth-order valence-electron chi connectivity index (χ4n) is 3.39. The summed E-state index contributed by atoms with van der Waals surface area (Å²) in [5.41, 5.74) is 3.08. The van der Waals surface area contributed by atoms with Gasteiger partial charge in [0, 0.05) is 16.6 Å². The number of allylic oxidation sites excluding steroid dienone is 2. The maximum absolute atomic E-state index is 2.56. The molecule has 2 atom stereocenters. The fraction of sp³-hybridized carbons (Fsp3) is 0.412. The van der Waals surface area contributed by atoms with Crippen LogP contribution in [0.1, 0.15) is 33.3 Å². The second-order valence-electron chi connectivity index (χ2n) is 6.53. The van der Waals surface area contributed by atoms with Crippen molar-refractivity contribution in [3.8, 4) is 0 Å². The average molecular weight is 239 g/mol. The molecule has 2 aliphatic rings. The van der Waals surface area contributed by atoms with E-state index in [1.165, 1.54) is 11.3 Å². The van der Waals surface area contributed by atoms with E-state index >= 15 is 0 Å². The van der Waals surface area contributed by atoms with E-state index in [1.807, 2.05) is 0 Å². The predicted molar refractivity (Wildman–Crippen MR) is 78.1 cm³/mol. The highest BCUT2D eigenvalue weighted by Crippen LogP contribution is 2.50. The van der Waals surface area contributed by atoms with Crippen LogP contribution in [0, 0.1) is 0 Å². The van der Waals surface area contributed by atoms with Crippen molar-refractivity contribution in [1.29, 1.82) is 0 Å². The topological polar surface area (TPSA) is 3.24 Å². The van der Waals surface area contributed by atoms with E-state index in [9.17, 15) is 0 Å². The minimum absolute atomic E-state index is 0.110. The van der Waals surface area contributed by atoms with Crippen LogP contribution in [0.3, 0.4) is 0 Å². The van der Waals surface area contributed by atoms with Crippen LogP contribution in [0.15, 0.2) is 48.6 Å². The standard InChI is InChI=1S/C17H21N/c1-16(2,3)18-14-10-6-5-9-13(14)17(4)12-8-7-11-15(17)18/h5-12,15H,1-4H3. The first kappa shape index (κ1) is 11.6. The molecule has 0 aromatic heterocycles. The molecule has 0 saturated heterocycles. The molecule has 0 saturated carbocycles. The van der Waals surface area contributed by atoms with Crippen molar-refractivity contribution < 1.29 is 0 Å². The zero-order valence-corrected chi connectivity index (χ0v) is 11.6. The van der Waals surface area contributed by atoms with Gasteiger partial charge in [0.2, 0.25) is 0 Å². The van der Waals surface area contributed by atoms with Crippen LogP contribution < -0.4 is 4.90 Å². The summed E-state index contributed by atoms with van der Waals surface area (Å²) in [5, 5.41) is 0. The van der Waals surface area contributed by atoms with Crippen LogP contribution in [0.2, 0.25) is 0 Å². The van der Waals surface area contributed by atoms with Gasteiger partial charge in [0.25, 0.3) is 0 Å². The van der Waals surface area contributed by atoms with Crippen molar-refractivity contribution in [2.75, 3.05) is 4.90 Å². The van der Waals surface area contributed by atoms with Crippen LogP contribution in [0.5, 0.6) is 0 Å². The summed E-state index contributed by atoms with van der Waals surface area (Å²) in [7, 11) is 0. The molecule has 2 unspecified atom stereocenters. The first-order chi connectivity index (χ1) is 8.44. The van der Waals surface area contributed by atoms with Crippen LogP contribution in [0.4, 0.5) is 5.69 Å². The molecule has 0 fully saturated rings. The largest absolute Gasteiger partial charge is 0.359 e. The van der Waals surface area contributed by atoms with E-state index in [0.29, 0.717) is 6.04 Å². The van der Waals surface area contributed by atoms with E-state index in [2.05, 4.69) is 81.2 Å². The molecule has 0 radical (unpaired) electrons. The molecule has 0 amide bonds. The van der Waals surface area contributed by atoms with Crippen molar-refractivity contribution >= 4 is 5.69 Å². The van der Waals surface area contributed by atoms with Gasteiger partial charge in [-0.1, -0.05) is 42.5 Å². The molecule has 1 aliphatic heterocycles. The van der Waals surface area contributed by atoms with Gasteiger partial charge < -0.3 is 4.90 Å². The zero-order valence-electron chi connectivity index (χ0n) is 11.6. The lowest BCUT2D eigenvalue weighted by Gasteiger charge is -2.42. The summed E-state index contributed by atoms with van der Waals surface area (Å²) >= 11 is 0. The normalized spacial score (nSPS) is 29.3. The predicted octanol–water partition coefficient (Wildman–Crippen LogP) is 4.06. The van der Waals surface area contributed by atoms with E-state index in [0.717, 1.165) is 0 Å². The van der Waals surface area contributed by atoms with Crippen LogP contribution in [0.25, 0.3) is 0 Å². The van der Waals surface area contributed by atoms with Gasteiger partial charge in [0.1, 0.15) is 0 Å². The summed E-state index contributed by atoms with van der Waals surface area (Å²) in [5.74, 6) is 0. The molecule has 1 aromatic carbocycles. The first-order valence-corrected chi connectivity index (χ1v) is 6.69. The minimum atomic E-state index is 0.110. The van der Waals surface area contributed by atoms with Gasteiger partial charge >= 0.3 is 0 Å². The smallest absolute Gasteiger partial charge is 0.0611 e. The van der Waals surface area contributed by atoms with Gasteiger partial charge in [-0.15, -0.1) is 0 Å². The molecule has 1 nitrogen and oxygen atoms in total. The summed E-state index contributed by atoms with van der Waals surface area (Å²) in [4.78, 5) is 2.56. The SMILES string of the molecule is CC12C=CC=CC1N(C(C)(C)C)c1ccccc12. The van der Waals surface area contributed by atoms with Crippen LogP contribution >= 0.6 is 0 Å². The lowest BCUT2D eigenvalue weighted by atomic mass is 9.76. The molecule has 1 aromatic rings. The highest BCUT2D eigenvalue weighted by molar-refractivity contribution is 5.69. The van der Waals surface area contributed by atoms with Crippen molar-refractivity contribution in [2.45, 2.75) is 44.7 Å². The summed E-state index contributed by atoms with van der Waals surface area (Å²) < 4.78 is 0. The lowest BCUT2D eigenvalue weighted by Crippen LogP contribution is -2.50. The molecule has 1 heteroatoms. The Morgan fingerprint density at radius 3 is 2.56 bits per heavy atom. The van der Waals surface area contributed by atoms with Crippen molar-refractivity contribution in [2.24, 2.45) is 0 Å². The highest BCUT2D eigenvalue weighted by atomic mass is 15.3. The van der Waals surface area contributed by atoms with Gasteiger partial charge in [-0.2, -0.15) is 0 Å². The van der Waals surface area contributed by atoms with E-state index < -0.39 is 0 Å². The van der Waals surface area contributed by atoms with Crippen LogP contribution in [-0.2, 0) is 5.41 Å². The average Bonchev–Trinajstić information content (AvgIpc) is 2.58. The zero-order chi connectivity index (χ0) is 13.0. The number of nitrogens with zero attached hydrogens (tertiary/aromatic N) is 1. The first-order valence-electron chi connectivity index (χ1n) is 6.69. The summed E-state index contributed by atoms with van der Waals surface area (Å²) in [6.07, 6.45) is 9.05. The second kappa shape index (κ2) is 3.50. The van der Waals surface area contributed by atoms with Crippen molar-refractivity contribution in [1.82, 2.24) is 0 Å². The Balaban J connectivity index is 2.25. The number of benzene rings is 1. The Hall–Kier alpha value is -1.50. The number of hydrogen-bond acceptors (Lipinski definition) is 1. The third-order valence-corrected chi connectivity index (χ3v) is 4.21. The van der Waals surface area contributed by atoms with Crippen molar-refractivity contribution in [3.05, 3.63) is 54.1 Å². The van der Waals surface area contributed by atoms with Gasteiger partial charge in [-0.3, -0.25) is 0 Å². The molecule has 18 heavy (non-hydrogen) atoms. The number of rotatable bonds is 0. The quantitative estimate of drug-likeness (QED) is 0.660. The van der Waals surface area contributed by atoms with Gasteiger partial charge in [-0.25, -0.2) is 0 Å². The molecule has 0 spiro atoms. The lowest BCUT2D eigenvalue weighted by molar-refractivity contribution is 0.425. The maximum atomic E-state index is 2.56. The minimum Gasteiger partial charge on any atom is -0.359 e. The molecule has 0 bridgehead atoms. The third kappa shape index (κ3) is 1.40. The number of hydrogen-bond donors (Lipinski definition) is 0. The summed E-state index contributed by atoms with van der Waals surface area (Å²) in [6, 6.07) is 9.26. The van der Waals surface area contributed by atoms with Crippen LogP contribution in [-0.4, -0.2) is 11.6 Å². The Bertz CT molecular complexity index is 533. The Labute approximate surface area is 110 Å². The fourth-order valence-corrected chi connectivity index (χ4v) is 3.39. The Morgan fingerprint density at radius 1 is 1.11 bits per heavy atom. The molecule has 0 N–H and O–H groups in total. The van der Waals surface area contributed by atoms with E-state index in [1.54, 1.807) is 0 Å². The maximum Gasteiger partial charge on any atom is 0.0611 e.